The molecular weight excluding hydrogens is 254 g/mol. The van der Waals surface area contributed by atoms with Gasteiger partial charge in [0.15, 0.2) is 0 Å². The molecule has 19 heavy (non-hydrogen) atoms. The normalized spacial score (nSPS) is 16.1. The lowest BCUT2D eigenvalue weighted by atomic mass is 10.0. The highest BCUT2D eigenvalue weighted by atomic mass is 32.1. The largest absolute Gasteiger partial charge is 0.487 e. The van der Waals surface area contributed by atoms with Crippen LogP contribution in [0.5, 0.6) is 5.75 Å². The van der Waals surface area contributed by atoms with Gasteiger partial charge < -0.3 is 10.1 Å². The summed E-state index contributed by atoms with van der Waals surface area (Å²) >= 11 is 1.79. The quantitative estimate of drug-likeness (QED) is 0.916. The molecule has 1 aromatic carbocycles. The zero-order valence-corrected chi connectivity index (χ0v) is 12.2. The summed E-state index contributed by atoms with van der Waals surface area (Å²) in [5.41, 5.74) is 2.53. The molecule has 0 bridgehead atoms. The Morgan fingerprint density at radius 3 is 2.89 bits per heavy atom. The minimum atomic E-state index is -0.0633. The smallest absolute Gasteiger partial charge is 0.127 e. The van der Waals surface area contributed by atoms with Crippen LogP contribution < -0.4 is 10.1 Å². The Hall–Kier alpha value is -1.32. The number of thiophene rings is 1. The number of para-hydroxylation sites is 1. The third kappa shape index (κ3) is 2.82. The van der Waals surface area contributed by atoms with E-state index < -0.39 is 0 Å². The monoisotopic (exact) mass is 273 g/mol. The third-order valence-electron chi connectivity index (χ3n) is 3.37. The van der Waals surface area contributed by atoms with E-state index in [0.29, 0.717) is 0 Å². The van der Waals surface area contributed by atoms with Gasteiger partial charge in [-0.3, -0.25) is 0 Å². The van der Waals surface area contributed by atoms with Gasteiger partial charge >= 0.3 is 0 Å². The van der Waals surface area contributed by atoms with Crippen LogP contribution in [0, 0.1) is 0 Å². The highest BCUT2D eigenvalue weighted by molar-refractivity contribution is 7.09. The first-order valence-electron chi connectivity index (χ1n) is 6.67. The summed E-state index contributed by atoms with van der Waals surface area (Å²) in [6.45, 7) is 6.08. The second kappa shape index (κ2) is 4.99. The van der Waals surface area contributed by atoms with E-state index in [4.69, 9.17) is 4.74 Å². The van der Waals surface area contributed by atoms with Crippen molar-refractivity contribution < 1.29 is 4.74 Å². The Bertz CT molecular complexity index is 560. The first-order valence-corrected chi connectivity index (χ1v) is 7.55. The van der Waals surface area contributed by atoms with Crippen LogP contribution in [0.25, 0.3) is 0 Å². The van der Waals surface area contributed by atoms with Crippen molar-refractivity contribution in [2.75, 3.05) is 0 Å². The molecule has 0 saturated carbocycles. The lowest BCUT2D eigenvalue weighted by Gasteiger charge is -2.18. The predicted octanol–water partition coefficient (Wildman–Crippen LogP) is 3.75. The summed E-state index contributed by atoms with van der Waals surface area (Å²) in [6, 6.07) is 10.7. The number of hydrogen-bond donors (Lipinski definition) is 1. The molecule has 1 aliphatic rings. The maximum Gasteiger partial charge on any atom is 0.127 e. The van der Waals surface area contributed by atoms with Gasteiger partial charge in [-0.1, -0.05) is 24.3 Å². The molecule has 0 unspecified atom stereocenters. The molecule has 3 heteroatoms. The van der Waals surface area contributed by atoms with Crippen molar-refractivity contribution in [2.24, 2.45) is 0 Å². The Balaban J connectivity index is 1.68. The summed E-state index contributed by atoms with van der Waals surface area (Å²) in [6.07, 6.45) is 1.00. The van der Waals surface area contributed by atoms with Crippen molar-refractivity contribution in [3.8, 4) is 5.75 Å². The van der Waals surface area contributed by atoms with E-state index in [2.05, 4.69) is 54.9 Å². The van der Waals surface area contributed by atoms with Crippen LogP contribution in [0.15, 0.2) is 35.7 Å². The molecule has 0 amide bonds. The van der Waals surface area contributed by atoms with Crippen molar-refractivity contribution >= 4 is 11.3 Å². The Labute approximate surface area is 118 Å². The molecule has 0 saturated heterocycles. The second-order valence-electron chi connectivity index (χ2n) is 5.63. The average Bonchev–Trinajstić information content (AvgIpc) is 2.95. The van der Waals surface area contributed by atoms with Crippen LogP contribution in [-0.2, 0) is 19.5 Å². The summed E-state index contributed by atoms with van der Waals surface area (Å²) in [5, 5.41) is 5.61. The lowest BCUT2D eigenvalue weighted by molar-refractivity contribution is 0.137. The first-order chi connectivity index (χ1) is 9.14. The number of hydrogen-bond acceptors (Lipinski definition) is 3. The summed E-state index contributed by atoms with van der Waals surface area (Å²) in [7, 11) is 0. The van der Waals surface area contributed by atoms with Crippen LogP contribution in [-0.4, -0.2) is 5.60 Å². The van der Waals surface area contributed by atoms with Crippen LogP contribution in [0.2, 0.25) is 0 Å². The maximum absolute atomic E-state index is 6.08. The van der Waals surface area contributed by atoms with Gasteiger partial charge in [0.2, 0.25) is 0 Å². The highest BCUT2D eigenvalue weighted by Gasteiger charge is 2.31. The molecule has 1 aromatic heterocycles. The molecule has 0 aliphatic carbocycles. The molecule has 0 fully saturated rings. The van der Waals surface area contributed by atoms with E-state index >= 15 is 0 Å². The van der Waals surface area contributed by atoms with E-state index in [0.717, 1.165) is 25.3 Å². The third-order valence-corrected chi connectivity index (χ3v) is 4.24. The average molecular weight is 273 g/mol. The van der Waals surface area contributed by atoms with Gasteiger partial charge in [0, 0.05) is 30.0 Å². The Morgan fingerprint density at radius 1 is 1.21 bits per heavy atom. The number of fused-ring (bicyclic) bond motifs is 1. The molecule has 0 radical (unpaired) electrons. The zero-order valence-electron chi connectivity index (χ0n) is 11.4. The van der Waals surface area contributed by atoms with E-state index in [1.165, 1.54) is 16.0 Å². The Morgan fingerprint density at radius 2 is 2.11 bits per heavy atom. The maximum atomic E-state index is 6.08. The van der Waals surface area contributed by atoms with Crippen molar-refractivity contribution in [3.05, 3.63) is 51.7 Å². The van der Waals surface area contributed by atoms with Crippen LogP contribution in [0.1, 0.15) is 29.9 Å². The van der Waals surface area contributed by atoms with Gasteiger partial charge in [0.1, 0.15) is 11.4 Å². The first kappa shape index (κ1) is 12.7. The van der Waals surface area contributed by atoms with Crippen LogP contribution >= 0.6 is 11.3 Å². The molecule has 1 aliphatic heterocycles. The van der Waals surface area contributed by atoms with E-state index in [1.54, 1.807) is 11.3 Å². The molecule has 0 spiro atoms. The van der Waals surface area contributed by atoms with Crippen molar-refractivity contribution in [3.63, 3.8) is 0 Å². The topological polar surface area (TPSA) is 21.3 Å². The standard InChI is InChI=1S/C16H19NOS/c1-16(2)9-12-5-3-6-13(15(12)18-16)10-17-11-14-7-4-8-19-14/h3-8,17H,9-11H2,1-2H3. The molecule has 100 valence electrons. The van der Waals surface area contributed by atoms with E-state index in [9.17, 15) is 0 Å². The van der Waals surface area contributed by atoms with Crippen molar-refractivity contribution in [2.45, 2.75) is 39.0 Å². The number of nitrogens with one attached hydrogen (secondary N) is 1. The second-order valence-corrected chi connectivity index (χ2v) is 6.66. The fourth-order valence-corrected chi connectivity index (χ4v) is 3.23. The van der Waals surface area contributed by atoms with Gasteiger partial charge in [-0.15, -0.1) is 11.3 Å². The van der Waals surface area contributed by atoms with Gasteiger partial charge in [-0.2, -0.15) is 0 Å². The van der Waals surface area contributed by atoms with Crippen molar-refractivity contribution in [1.82, 2.24) is 5.32 Å². The molecule has 1 N–H and O–H groups in total. The molecule has 2 heterocycles. The van der Waals surface area contributed by atoms with Gasteiger partial charge in [-0.25, -0.2) is 0 Å². The molecular formula is C16H19NOS. The summed E-state index contributed by atoms with van der Waals surface area (Å²) in [4.78, 5) is 1.37. The van der Waals surface area contributed by atoms with Gasteiger partial charge in [-0.05, 0) is 30.9 Å². The lowest BCUT2D eigenvalue weighted by Crippen LogP contribution is -2.25. The van der Waals surface area contributed by atoms with Crippen molar-refractivity contribution in [1.29, 1.82) is 0 Å². The minimum Gasteiger partial charge on any atom is -0.487 e. The molecule has 2 nitrogen and oxygen atoms in total. The molecule has 2 aromatic rings. The van der Waals surface area contributed by atoms with E-state index in [-0.39, 0.29) is 5.60 Å². The Kier molecular flexibility index (Phi) is 3.33. The SMILES string of the molecule is CC1(C)Cc2cccc(CNCc3cccs3)c2O1. The van der Waals surface area contributed by atoms with Crippen LogP contribution in [0.4, 0.5) is 0 Å². The zero-order chi connectivity index (χ0) is 13.3. The minimum absolute atomic E-state index is 0.0633. The van der Waals surface area contributed by atoms with Crippen LogP contribution in [0.3, 0.4) is 0 Å². The predicted molar refractivity (Wildman–Crippen MR) is 79.7 cm³/mol. The number of benzene rings is 1. The number of rotatable bonds is 4. The number of ether oxygens (including phenoxy) is 1. The van der Waals surface area contributed by atoms with Gasteiger partial charge in [0.05, 0.1) is 0 Å². The fraction of sp³-hybridized carbons (Fsp3) is 0.375. The fourth-order valence-electron chi connectivity index (χ4n) is 2.55. The van der Waals surface area contributed by atoms with Gasteiger partial charge in [0.25, 0.3) is 0 Å². The molecule has 0 atom stereocenters. The van der Waals surface area contributed by atoms with E-state index in [1.807, 2.05) is 0 Å². The summed E-state index contributed by atoms with van der Waals surface area (Å²) < 4.78 is 6.08. The highest BCUT2D eigenvalue weighted by Crippen LogP contribution is 2.37. The summed E-state index contributed by atoms with van der Waals surface area (Å²) in [5.74, 6) is 1.09. The molecule has 3 rings (SSSR count).